The summed E-state index contributed by atoms with van der Waals surface area (Å²) in [6.45, 7) is 2.63. The number of hydrazine groups is 1. The van der Waals surface area contributed by atoms with Crippen LogP contribution in [-0.4, -0.2) is 44.6 Å². The van der Waals surface area contributed by atoms with E-state index in [-0.39, 0.29) is 5.56 Å². The molecule has 1 amide bonds. The first-order chi connectivity index (χ1) is 12.8. The minimum atomic E-state index is -3.73. The molecule has 2 aromatic rings. The summed E-state index contributed by atoms with van der Waals surface area (Å²) in [6.07, 6.45) is 0.485. The molecule has 1 saturated heterocycles. The van der Waals surface area contributed by atoms with Crippen LogP contribution in [0.4, 0.5) is 4.39 Å². The van der Waals surface area contributed by atoms with E-state index in [0.717, 1.165) is 5.56 Å². The van der Waals surface area contributed by atoms with Crippen molar-refractivity contribution in [3.8, 4) is 11.1 Å². The van der Waals surface area contributed by atoms with Crippen LogP contribution in [0, 0.1) is 12.7 Å². The molecule has 8 heteroatoms. The van der Waals surface area contributed by atoms with Gasteiger partial charge in [0.15, 0.2) is 0 Å². The van der Waals surface area contributed by atoms with Gasteiger partial charge in [-0.05, 0) is 55.8 Å². The minimum absolute atomic E-state index is 0.208. The summed E-state index contributed by atoms with van der Waals surface area (Å²) in [5, 5.41) is -0.606. The molecule has 1 fully saturated rings. The van der Waals surface area contributed by atoms with E-state index < -0.39 is 27.0 Å². The normalized spacial score (nSPS) is 17.8. The van der Waals surface area contributed by atoms with Gasteiger partial charge in [-0.25, -0.2) is 12.8 Å². The Kier molecular flexibility index (Phi) is 5.59. The molecule has 2 N–H and O–H groups in total. The molecule has 0 aliphatic carbocycles. The molecule has 1 aliphatic heterocycles. The van der Waals surface area contributed by atoms with Gasteiger partial charge in [-0.1, -0.05) is 30.3 Å². The van der Waals surface area contributed by atoms with Crippen LogP contribution in [0.15, 0.2) is 42.5 Å². The number of hydrogen-bond acceptors (Lipinski definition) is 4. The van der Waals surface area contributed by atoms with Crippen LogP contribution in [-0.2, 0) is 10.0 Å². The molecular weight excluding hydrogens is 369 g/mol. The molecular formula is C19H22FN3O3S. The second kappa shape index (κ2) is 7.75. The van der Waals surface area contributed by atoms with Crippen molar-refractivity contribution in [3.05, 3.63) is 59.4 Å². The van der Waals surface area contributed by atoms with Gasteiger partial charge in [0.1, 0.15) is 5.82 Å². The fourth-order valence-electron chi connectivity index (χ4n) is 3.15. The third-order valence-electron chi connectivity index (χ3n) is 4.70. The largest absolute Gasteiger partial charge is 0.305 e. The number of hydrogen-bond donors (Lipinski definition) is 2. The van der Waals surface area contributed by atoms with Crippen molar-refractivity contribution in [1.82, 2.24) is 15.2 Å². The standard InChI is InChI=1S/C19H22FN3O3S/c1-13-10-15(14-6-4-3-5-7-14)11-17(18(13)20)19(24)21-22-27(25,26)16-8-9-23(2)12-16/h3-7,10-11,16,22H,8-9,12H2,1-2H3,(H,21,24). The fraction of sp³-hybridized carbons (Fsp3) is 0.316. The Morgan fingerprint density at radius 1 is 1.19 bits per heavy atom. The molecule has 2 aromatic carbocycles. The molecule has 144 valence electrons. The van der Waals surface area contributed by atoms with Gasteiger partial charge in [0.05, 0.1) is 10.8 Å². The van der Waals surface area contributed by atoms with Crippen LogP contribution in [0.3, 0.4) is 0 Å². The van der Waals surface area contributed by atoms with Crippen molar-refractivity contribution in [1.29, 1.82) is 0 Å². The average Bonchev–Trinajstić information content (AvgIpc) is 3.10. The smallest absolute Gasteiger partial charge is 0.269 e. The molecule has 1 atom stereocenters. The van der Waals surface area contributed by atoms with Gasteiger partial charge in [0, 0.05) is 6.54 Å². The topological polar surface area (TPSA) is 78.5 Å². The van der Waals surface area contributed by atoms with E-state index >= 15 is 0 Å². The zero-order valence-electron chi connectivity index (χ0n) is 15.2. The van der Waals surface area contributed by atoms with Gasteiger partial charge in [0.2, 0.25) is 10.0 Å². The molecule has 3 rings (SSSR count). The highest BCUT2D eigenvalue weighted by molar-refractivity contribution is 7.90. The number of benzene rings is 2. The molecule has 0 aromatic heterocycles. The lowest BCUT2D eigenvalue weighted by atomic mass is 9.99. The maximum Gasteiger partial charge on any atom is 0.269 e. The Labute approximate surface area is 158 Å². The number of aryl methyl sites for hydroxylation is 1. The first-order valence-electron chi connectivity index (χ1n) is 8.63. The number of sulfonamides is 1. The van der Waals surface area contributed by atoms with E-state index in [0.29, 0.717) is 30.6 Å². The lowest BCUT2D eigenvalue weighted by Gasteiger charge is -2.15. The molecule has 1 heterocycles. The van der Waals surface area contributed by atoms with Crippen molar-refractivity contribution < 1.29 is 17.6 Å². The molecule has 6 nitrogen and oxygen atoms in total. The number of rotatable bonds is 5. The summed E-state index contributed by atoms with van der Waals surface area (Å²) >= 11 is 0. The summed E-state index contributed by atoms with van der Waals surface area (Å²) in [7, 11) is -1.89. The Balaban J connectivity index is 1.79. The van der Waals surface area contributed by atoms with Gasteiger partial charge in [-0.15, -0.1) is 4.83 Å². The fourth-order valence-corrected chi connectivity index (χ4v) is 4.42. The van der Waals surface area contributed by atoms with E-state index in [2.05, 4.69) is 10.3 Å². The molecule has 1 unspecified atom stereocenters. The zero-order chi connectivity index (χ0) is 19.6. The first-order valence-corrected chi connectivity index (χ1v) is 10.2. The van der Waals surface area contributed by atoms with Gasteiger partial charge in [0.25, 0.3) is 5.91 Å². The predicted molar refractivity (Wildman–Crippen MR) is 102 cm³/mol. The maximum atomic E-state index is 14.5. The van der Waals surface area contributed by atoms with Crippen molar-refractivity contribution >= 4 is 15.9 Å². The Hall–Kier alpha value is -2.29. The summed E-state index contributed by atoms with van der Waals surface area (Å²) < 4.78 is 39.1. The highest BCUT2D eigenvalue weighted by Gasteiger charge is 2.32. The van der Waals surface area contributed by atoms with Gasteiger partial charge in [-0.2, -0.15) is 0 Å². The van der Waals surface area contributed by atoms with Crippen LogP contribution in [0.25, 0.3) is 11.1 Å². The van der Waals surface area contributed by atoms with Gasteiger partial charge >= 0.3 is 0 Å². The number of carbonyl (C=O) groups excluding carboxylic acids is 1. The van der Waals surface area contributed by atoms with Crippen molar-refractivity contribution in [3.63, 3.8) is 0 Å². The number of likely N-dealkylation sites (tertiary alicyclic amines) is 1. The second-order valence-electron chi connectivity index (χ2n) is 6.79. The maximum absolute atomic E-state index is 14.5. The van der Waals surface area contributed by atoms with Crippen LogP contribution in [0.1, 0.15) is 22.3 Å². The Morgan fingerprint density at radius 3 is 2.52 bits per heavy atom. The zero-order valence-corrected chi connectivity index (χ0v) is 16.0. The third-order valence-corrected chi connectivity index (χ3v) is 6.35. The predicted octanol–water partition coefficient (Wildman–Crippen LogP) is 2.07. The number of carbonyl (C=O) groups is 1. The van der Waals surface area contributed by atoms with E-state index in [9.17, 15) is 17.6 Å². The Bertz CT molecular complexity index is 948. The molecule has 0 radical (unpaired) electrons. The van der Waals surface area contributed by atoms with Crippen molar-refractivity contribution in [2.75, 3.05) is 20.1 Å². The van der Waals surface area contributed by atoms with E-state index in [4.69, 9.17) is 0 Å². The van der Waals surface area contributed by atoms with E-state index in [1.165, 1.54) is 6.07 Å². The van der Waals surface area contributed by atoms with E-state index in [1.807, 2.05) is 42.3 Å². The lowest BCUT2D eigenvalue weighted by molar-refractivity contribution is 0.0940. The van der Waals surface area contributed by atoms with Crippen LogP contribution in [0.5, 0.6) is 0 Å². The van der Waals surface area contributed by atoms with Crippen LogP contribution >= 0.6 is 0 Å². The summed E-state index contributed by atoms with van der Waals surface area (Å²) in [5.41, 5.74) is 3.76. The molecule has 0 saturated carbocycles. The second-order valence-corrected chi connectivity index (χ2v) is 8.76. The highest BCUT2D eigenvalue weighted by Crippen LogP contribution is 2.24. The molecule has 0 bridgehead atoms. The SMILES string of the molecule is Cc1cc(-c2ccccc2)cc(C(=O)NNS(=O)(=O)C2CCN(C)C2)c1F. The third kappa shape index (κ3) is 4.35. The van der Waals surface area contributed by atoms with Gasteiger partial charge in [-0.3, -0.25) is 10.2 Å². The summed E-state index contributed by atoms with van der Waals surface area (Å²) in [5.74, 6) is -1.50. The quantitative estimate of drug-likeness (QED) is 0.765. The first kappa shape index (κ1) is 19.5. The molecule has 1 aliphatic rings. The van der Waals surface area contributed by atoms with E-state index in [1.54, 1.807) is 13.0 Å². The van der Waals surface area contributed by atoms with Crippen LogP contribution < -0.4 is 10.3 Å². The highest BCUT2D eigenvalue weighted by atomic mass is 32.2. The number of nitrogens with one attached hydrogen (secondary N) is 2. The molecule has 27 heavy (non-hydrogen) atoms. The summed E-state index contributed by atoms with van der Waals surface area (Å²) in [6, 6.07) is 12.3. The lowest BCUT2D eigenvalue weighted by Crippen LogP contribution is -2.46. The summed E-state index contributed by atoms with van der Waals surface area (Å²) in [4.78, 5) is 16.4. The van der Waals surface area contributed by atoms with Crippen LogP contribution in [0.2, 0.25) is 0 Å². The monoisotopic (exact) mass is 391 g/mol. The Morgan fingerprint density at radius 2 is 1.89 bits per heavy atom. The number of halogens is 1. The van der Waals surface area contributed by atoms with Crippen molar-refractivity contribution in [2.24, 2.45) is 0 Å². The number of nitrogens with zero attached hydrogens (tertiary/aromatic N) is 1. The number of amides is 1. The van der Waals surface area contributed by atoms with Gasteiger partial charge < -0.3 is 4.90 Å². The molecule has 0 spiro atoms. The average molecular weight is 391 g/mol. The van der Waals surface area contributed by atoms with Crippen molar-refractivity contribution in [2.45, 2.75) is 18.6 Å². The minimum Gasteiger partial charge on any atom is -0.305 e.